The number of carbonyl (C=O) groups excluding carboxylic acids is 2. The minimum Gasteiger partial charge on any atom is -0.323 e. The van der Waals surface area contributed by atoms with Crippen molar-refractivity contribution < 1.29 is 14.2 Å². The quantitative estimate of drug-likeness (QED) is 0.247. The van der Waals surface area contributed by atoms with Gasteiger partial charge in [-0.1, -0.05) is 43.5 Å². The van der Waals surface area contributed by atoms with Gasteiger partial charge in [-0.25, -0.2) is 0 Å². The Balaban J connectivity index is 2.07. The van der Waals surface area contributed by atoms with Crippen LogP contribution in [0.4, 0.5) is 5.69 Å². The first-order valence-corrected chi connectivity index (χ1v) is 10.6. The number of allylic oxidation sites excluding steroid dienone is 1. The number of carbonyl (C=O) groups is 2. The summed E-state index contributed by atoms with van der Waals surface area (Å²) in [5.74, 6) is -0.245. The van der Waals surface area contributed by atoms with Gasteiger partial charge in [-0.2, -0.15) is 4.57 Å². The van der Waals surface area contributed by atoms with Crippen LogP contribution < -0.4 is 9.88 Å². The summed E-state index contributed by atoms with van der Waals surface area (Å²) in [6.07, 6.45) is 2.96. The molecular formula is C28H25N2O2+. The molecule has 1 N–H and O–H groups in total. The number of hydrogen-bond donors (Lipinski definition) is 1. The van der Waals surface area contributed by atoms with Gasteiger partial charge >= 0.3 is 0 Å². The molecule has 0 unspecified atom stereocenters. The lowest BCUT2D eigenvalue weighted by atomic mass is 9.96. The minimum atomic E-state index is -0.244. The van der Waals surface area contributed by atoms with Gasteiger partial charge in [0.1, 0.15) is 6.54 Å². The van der Waals surface area contributed by atoms with Crippen molar-refractivity contribution in [3.8, 4) is 11.3 Å². The van der Waals surface area contributed by atoms with E-state index in [1.807, 2.05) is 42.5 Å². The fourth-order valence-electron chi connectivity index (χ4n) is 4.16. The number of rotatable bonds is 7. The van der Waals surface area contributed by atoms with Crippen LogP contribution in [0.25, 0.3) is 32.9 Å². The van der Waals surface area contributed by atoms with Crippen molar-refractivity contribution in [2.75, 3.05) is 5.32 Å². The third kappa shape index (κ3) is 3.95. The number of fused-ring (bicyclic) bond motifs is 3. The average molecular weight is 422 g/mol. The van der Waals surface area contributed by atoms with Crippen LogP contribution >= 0.6 is 0 Å². The third-order valence-electron chi connectivity index (χ3n) is 5.61. The van der Waals surface area contributed by atoms with E-state index in [0.29, 0.717) is 6.42 Å². The van der Waals surface area contributed by atoms with Crippen LogP contribution in [0.1, 0.15) is 12.5 Å². The topological polar surface area (TPSA) is 50.1 Å². The second-order valence-electron chi connectivity index (χ2n) is 7.61. The Morgan fingerprint density at radius 3 is 2.34 bits per heavy atom. The smallest absolute Gasteiger partial charge is 0.247 e. The second-order valence-corrected chi connectivity index (χ2v) is 7.61. The Morgan fingerprint density at radius 2 is 1.66 bits per heavy atom. The molecule has 0 bridgehead atoms. The van der Waals surface area contributed by atoms with Crippen molar-refractivity contribution in [1.82, 2.24) is 0 Å². The van der Waals surface area contributed by atoms with Crippen LogP contribution in [-0.2, 0) is 22.6 Å². The highest BCUT2D eigenvalue weighted by atomic mass is 16.1. The normalized spacial score (nSPS) is 10.8. The van der Waals surface area contributed by atoms with Crippen molar-refractivity contribution >= 4 is 39.1 Å². The molecule has 3 aromatic carbocycles. The molecule has 32 heavy (non-hydrogen) atoms. The summed E-state index contributed by atoms with van der Waals surface area (Å²) in [7, 11) is 0. The maximum absolute atomic E-state index is 12.0. The fraction of sp³-hybridized carbons (Fsp3) is 0.107. The van der Waals surface area contributed by atoms with Crippen molar-refractivity contribution in [2.24, 2.45) is 0 Å². The third-order valence-corrected chi connectivity index (χ3v) is 5.61. The van der Waals surface area contributed by atoms with Gasteiger partial charge in [-0.3, -0.25) is 9.59 Å². The van der Waals surface area contributed by atoms with E-state index in [1.54, 1.807) is 0 Å². The van der Waals surface area contributed by atoms with E-state index in [-0.39, 0.29) is 11.7 Å². The maximum atomic E-state index is 12.0. The monoisotopic (exact) mass is 421 g/mol. The van der Waals surface area contributed by atoms with Crippen LogP contribution in [0.15, 0.2) is 92.0 Å². The molecule has 0 spiro atoms. The number of amides is 1. The fourth-order valence-corrected chi connectivity index (χ4v) is 4.16. The van der Waals surface area contributed by atoms with E-state index in [4.69, 9.17) is 0 Å². The molecule has 1 aromatic heterocycles. The van der Waals surface area contributed by atoms with Crippen LogP contribution in [0, 0.1) is 0 Å². The van der Waals surface area contributed by atoms with E-state index >= 15 is 0 Å². The van der Waals surface area contributed by atoms with Gasteiger partial charge in [0.2, 0.25) is 17.1 Å². The molecule has 1 heterocycles. The summed E-state index contributed by atoms with van der Waals surface area (Å²) in [4.78, 5) is 23.8. The number of aryl methyl sites for hydroxylation is 1. The molecule has 1 amide bonds. The van der Waals surface area contributed by atoms with Crippen LogP contribution in [0.2, 0.25) is 0 Å². The van der Waals surface area contributed by atoms with Crippen LogP contribution in [-0.4, -0.2) is 11.7 Å². The number of pyridine rings is 1. The summed E-state index contributed by atoms with van der Waals surface area (Å²) >= 11 is 0. The summed E-state index contributed by atoms with van der Waals surface area (Å²) in [6.45, 7) is 10.00. The number of benzene rings is 3. The number of nitrogens with zero attached hydrogens (tertiary/aromatic N) is 1. The first kappa shape index (κ1) is 21.2. The molecule has 0 aliphatic carbocycles. The average Bonchev–Trinajstić information content (AvgIpc) is 2.83. The second kappa shape index (κ2) is 8.98. The van der Waals surface area contributed by atoms with Gasteiger partial charge < -0.3 is 5.32 Å². The molecule has 0 aliphatic heterocycles. The SMILES string of the molecule is C=CC(=O)Cc1ccc2c3ccc(NC(=O)C=C)cc3c(-c3ccccc3)[n+](CC)c2c1. The largest absolute Gasteiger partial charge is 0.323 e. The first-order valence-electron chi connectivity index (χ1n) is 10.6. The molecule has 0 radical (unpaired) electrons. The summed E-state index contributed by atoms with van der Waals surface area (Å²) in [5, 5.41) is 6.10. The van der Waals surface area contributed by atoms with Gasteiger partial charge in [-0.05, 0) is 55.0 Å². The van der Waals surface area contributed by atoms with Crippen LogP contribution in [0.3, 0.4) is 0 Å². The molecular weight excluding hydrogens is 396 g/mol. The van der Waals surface area contributed by atoms with Crippen molar-refractivity contribution in [3.63, 3.8) is 0 Å². The van der Waals surface area contributed by atoms with E-state index in [2.05, 4.69) is 54.2 Å². The highest BCUT2D eigenvalue weighted by Crippen LogP contribution is 2.33. The molecule has 158 valence electrons. The lowest BCUT2D eigenvalue weighted by molar-refractivity contribution is -0.655. The molecule has 0 aliphatic rings. The molecule has 4 nitrogen and oxygen atoms in total. The minimum absolute atomic E-state index is 0.000859. The Labute approximate surface area is 187 Å². The van der Waals surface area contributed by atoms with E-state index in [0.717, 1.165) is 50.7 Å². The molecule has 4 rings (SSSR count). The zero-order valence-electron chi connectivity index (χ0n) is 18.1. The molecule has 4 aromatic rings. The number of aromatic nitrogens is 1. The van der Waals surface area contributed by atoms with Crippen LogP contribution in [0.5, 0.6) is 0 Å². The first-order chi connectivity index (χ1) is 15.5. The number of nitrogens with one attached hydrogen (secondary N) is 1. The lowest BCUT2D eigenvalue weighted by Gasteiger charge is -2.13. The summed E-state index contributed by atoms with van der Waals surface area (Å²) in [5.41, 5.74) is 4.89. The Kier molecular flexibility index (Phi) is 5.95. The predicted octanol–water partition coefficient (Wildman–Crippen LogP) is 5.39. The molecule has 4 heteroatoms. The molecule has 0 saturated carbocycles. The zero-order valence-corrected chi connectivity index (χ0v) is 18.1. The van der Waals surface area contributed by atoms with E-state index in [9.17, 15) is 9.59 Å². The van der Waals surface area contributed by atoms with E-state index < -0.39 is 0 Å². The Hall–Kier alpha value is -4.05. The zero-order chi connectivity index (χ0) is 22.7. The Morgan fingerprint density at radius 1 is 0.906 bits per heavy atom. The molecule has 0 fully saturated rings. The van der Waals surface area contributed by atoms with E-state index in [1.165, 1.54) is 12.2 Å². The number of hydrogen-bond acceptors (Lipinski definition) is 2. The maximum Gasteiger partial charge on any atom is 0.247 e. The predicted molar refractivity (Wildman–Crippen MR) is 130 cm³/mol. The standard InChI is InChI=1S/C28H24N2O2/c1-4-22(31)16-19-12-14-24-23-15-13-21(29-27(32)5-2)18-25(23)28(20-10-8-7-9-11-20)30(6-3)26(24)17-19/h4-5,7-15,17-18H,1-2,6,16H2,3H3/p+1. The number of ketones is 1. The Bertz CT molecular complexity index is 1370. The summed E-state index contributed by atoms with van der Waals surface area (Å²) < 4.78 is 2.27. The van der Waals surface area contributed by atoms with Gasteiger partial charge in [-0.15, -0.1) is 0 Å². The van der Waals surface area contributed by atoms with Gasteiger partial charge in [0.05, 0.1) is 10.8 Å². The van der Waals surface area contributed by atoms with Gasteiger partial charge in [0.15, 0.2) is 5.78 Å². The lowest BCUT2D eigenvalue weighted by Crippen LogP contribution is -2.36. The van der Waals surface area contributed by atoms with Gasteiger partial charge in [0.25, 0.3) is 0 Å². The highest BCUT2D eigenvalue weighted by Gasteiger charge is 2.23. The highest BCUT2D eigenvalue weighted by molar-refractivity contribution is 6.11. The van der Waals surface area contributed by atoms with Crippen molar-refractivity contribution in [1.29, 1.82) is 0 Å². The molecule has 0 saturated heterocycles. The van der Waals surface area contributed by atoms with Gasteiger partial charge in [0, 0.05) is 29.1 Å². The molecule has 0 atom stereocenters. The number of anilines is 1. The van der Waals surface area contributed by atoms with Crippen molar-refractivity contribution in [3.05, 3.63) is 97.6 Å². The summed E-state index contributed by atoms with van der Waals surface area (Å²) in [6, 6.07) is 22.4. The van der Waals surface area contributed by atoms with Crippen molar-refractivity contribution in [2.45, 2.75) is 19.9 Å².